The lowest BCUT2D eigenvalue weighted by molar-refractivity contribution is -0.121. The molecule has 148 valence electrons. The number of hydrogen-bond donors (Lipinski definition) is 1. The van der Waals surface area contributed by atoms with Crippen molar-refractivity contribution in [3.8, 4) is 0 Å². The van der Waals surface area contributed by atoms with E-state index in [0.717, 1.165) is 30.5 Å². The van der Waals surface area contributed by atoms with Crippen molar-refractivity contribution in [2.24, 2.45) is 20.0 Å². The van der Waals surface area contributed by atoms with Crippen molar-refractivity contribution in [3.05, 3.63) is 27.2 Å². The number of carbonyl (C=O) groups is 1. The molecule has 27 heavy (non-hydrogen) atoms. The Morgan fingerprint density at radius 3 is 2.52 bits per heavy atom. The van der Waals surface area contributed by atoms with Crippen molar-refractivity contribution >= 4 is 17.1 Å². The van der Waals surface area contributed by atoms with Crippen LogP contribution in [0.15, 0.2) is 15.9 Å². The average molecular weight is 376 g/mol. The van der Waals surface area contributed by atoms with E-state index < -0.39 is 11.2 Å². The van der Waals surface area contributed by atoms with Gasteiger partial charge in [0.1, 0.15) is 6.54 Å². The Labute approximate surface area is 157 Å². The van der Waals surface area contributed by atoms with Gasteiger partial charge in [0.15, 0.2) is 11.2 Å². The highest BCUT2D eigenvalue weighted by Gasteiger charge is 2.21. The van der Waals surface area contributed by atoms with Crippen LogP contribution in [0.2, 0.25) is 0 Å². The van der Waals surface area contributed by atoms with E-state index in [9.17, 15) is 14.4 Å². The predicted molar refractivity (Wildman–Crippen MR) is 103 cm³/mol. The number of rotatable bonds is 5. The summed E-state index contributed by atoms with van der Waals surface area (Å²) in [7, 11) is 2.98. The summed E-state index contributed by atoms with van der Waals surface area (Å²) >= 11 is 0. The summed E-state index contributed by atoms with van der Waals surface area (Å²) in [6.07, 6.45) is 3.59. The summed E-state index contributed by atoms with van der Waals surface area (Å²) < 4.78 is 3.85. The van der Waals surface area contributed by atoms with Crippen LogP contribution in [0.5, 0.6) is 0 Å². The number of nitrogens with one attached hydrogen (secondary N) is 1. The molecule has 2 aromatic rings. The molecule has 0 aromatic carbocycles. The lowest BCUT2D eigenvalue weighted by Gasteiger charge is -2.34. The van der Waals surface area contributed by atoms with Gasteiger partial charge in [-0.1, -0.05) is 0 Å². The van der Waals surface area contributed by atoms with Crippen LogP contribution in [-0.4, -0.2) is 55.2 Å². The van der Waals surface area contributed by atoms with Gasteiger partial charge in [0, 0.05) is 26.7 Å². The summed E-state index contributed by atoms with van der Waals surface area (Å²) in [5, 5.41) is 2.98. The first-order valence-electron chi connectivity index (χ1n) is 9.41. The Balaban J connectivity index is 1.64. The highest BCUT2D eigenvalue weighted by atomic mass is 16.2. The number of fused-ring (bicyclic) bond motifs is 1. The first-order chi connectivity index (χ1) is 12.8. The van der Waals surface area contributed by atoms with E-state index in [1.807, 2.05) is 0 Å². The zero-order chi connectivity index (χ0) is 19.7. The van der Waals surface area contributed by atoms with Gasteiger partial charge in [0.25, 0.3) is 5.56 Å². The van der Waals surface area contributed by atoms with Gasteiger partial charge >= 0.3 is 5.69 Å². The molecule has 3 heterocycles. The maximum Gasteiger partial charge on any atom is 0.332 e. The number of nitrogens with zero attached hydrogens (tertiary/aromatic N) is 5. The Bertz CT molecular complexity index is 946. The summed E-state index contributed by atoms with van der Waals surface area (Å²) in [5.74, 6) is 0.327. The second-order valence-electron chi connectivity index (χ2n) is 7.63. The van der Waals surface area contributed by atoms with Gasteiger partial charge in [0.2, 0.25) is 5.91 Å². The molecule has 1 aliphatic heterocycles. The Kier molecular flexibility index (Phi) is 5.50. The molecule has 0 saturated carbocycles. The number of amides is 1. The Hall–Kier alpha value is -2.42. The predicted octanol–water partition coefficient (Wildman–Crippen LogP) is -0.330. The molecule has 0 unspecified atom stereocenters. The molecule has 1 N–H and O–H groups in total. The number of piperidine rings is 1. The van der Waals surface area contributed by atoms with Crippen molar-refractivity contribution in [1.82, 2.24) is 28.9 Å². The van der Waals surface area contributed by atoms with Crippen LogP contribution in [0.3, 0.4) is 0 Å². The maximum absolute atomic E-state index is 12.4. The molecule has 1 saturated heterocycles. The quantitative estimate of drug-likeness (QED) is 0.771. The highest BCUT2D eigenvalue weighted by molar-refractivity contribution is 5.78. The first kappa shape index (κ1) is 19.3. The van der Waals surface area contributed by atoms with Gasteiger partial charge in [-0.25, -0.2) is 9.78 Å². The van der Waals surface area contributed by atoms with Crippen LogP contribution < -0.4 is 16.6 Å². The van der Waals surface area contributed by atoms with Gasteiger partial charge in [-0.05, 0) is 45.7 Å². The van der Waals surface area contributed by atoms with E-state index in [-0.39, 0.29) is 23.6 Å². The van der Waals surface area contributed by atoms with E-state index >= 15 is 0 Å². The number of aryl methyl sites for hydroxylation is 1. The molecule has 0 spiro atoms. The van der Waals surface area contributed by atoms with E-state index in [1.165, 1.54) is 22.5 Å². The number of carbonyl (C=O) groups excluding carboxylic acids is 1. The molecule has 0 aliphatic carbocycles. The van der Waals surface area contributed by atoms with Gasteiger partial charge in [0.05, 0.1) is 6.33 Å². The number of likely N-dealkylation sites (tertiary alicyclic amines) is 1. The largest absolute Gasteiger partial charge is 0.354 e. The van der Waals surface area contributed by atoms with E-state index in [1.54, 1.807) is 7.05 Å². The maximum atomic E-state index is 12.4. The standard InChI is InChI=1S/C18H28N6O3/c1-12(2)23-7-5-13(6-8-23)9-19-14(25)10-24-11-20-16-15(24)17(26)22(4)18(27)21(16)3/h11-13H,5-10H2,1-4H3,(H,19,25). The number of aromatic nitrogens is 4. The minimum atomic E-state index is -0.445. The van der Waals surface area contributed by atoms with Crippen molar-refractivity contribution in [3.63, 3.8) is 0 Å². The molecule has 1 fully saturated rings. The van der Waals surface area contributed by atoms with Crippen molar-refractivity contribution in [2.45, 2.75) is 39.3 Å². The third-order valence-electron chi connectivity index (χ3n) is 5.50. The lowest BCUT2D eigenvalue weighted by Crippen LogP contribution is -2.42. The molecule has 1 aliphatic rings. The van der Waals surface area contributed by atoms with Crippen LogP contribution in [0.4, 0.5) is 0 Å². The third-order valence-corrected chi connectivity index (χ3v) is 5.50. The third kappa shape index (κ3) is 3.83. The van der Waals surface area contributed by atoms with Crippen molar-refractivity contribution < 1.29 is 4.79 Å². The molecule has 9 heteroatoms. The normalized spacial score (nSPS) is 16.3. The van der Waals surface area contributed by atoms with Crippen LogP contribution >= 0.6 is 0 Å². The Morgan fingerprint density at radius 2 is 1.89 bits per heavy atom. The van der Waals surface area contributed by atoms with Gasteiger partial charge in [-0.15, -0.1) is 0 Å². The molecule has 0 bridgehead atoms. The minimum Gasteiger partial charge on any atom is -0.354 e. The van der Waals surface area contributed by atoms with Crippen LogP contribution in [-0.2, 0) is 25.4 Å². The number of hydrogen-bond acceptors (Lipinski definition) is 5. The second kappa shape index (κ2) is 7.67. The van der Waals surface area contributed by atoms with Crippen molar-refractivity contribution in [1.29, 1.82) is 0 Å². The molecule has 9 nitrogen and oxygen atoms in total. The molecule has 0 radical (unpaired) electrons. The Morgan fingerprint density at radius 1 is 1.22 bits per heavy atom. The second-order valence-corrected chi connectivity index (χ2v) is 7.63. The fourth-order valence-corrected chi connectivity index (χ4v) is 3.66. The highest BCUT2D eigenvalue weighted by Crippen LogP contribution is 2.18. The fraction of sp³-hybridized carbons (Fsp3) is 0.667. The number of imidazole rings is 1. The van der Waals surface area contributed by atoms with Crippen molar-refractivity contribution in [2.75, 3.05) is 19.6 Å². The summed E-state index contributed by atoms with van der Waals surface area (Å²) in [6, 6.07) is 0.564. The van der Waals surface area contributed by atoms with Gasteiger partial charge < -0.3 is 14.8 Å². The minimum absolute atomic E-state index is 0.00871. The summed E-state index contributed by atoms with van der Waals surface area (Å²) in [5.41, 5.74) is -0.327. The van der Waals surface area contributed by atoms with E-state index in [4.69, 9.17) is 0 Å². The summed E-state index contributed by atoms with van der Waals surface area (Å²) in [4.78, 5) is 43.3. The monoisotopic (exact) mass is 376 g/mol. The topological polar surface area (TPSA) is 94.2 Å². The van der Waals surface area contributed by atoms with Gasteiger partial charge in [-0.3, -0.25) is 18.7 Å². The molecule has 0 atom stereocenters. The van der Waals surface area contributed by atoms with Gasteiger partial charge in [-0.2, -0.15) is 0 Å². The summed E-state index contributed by atoms with van der Waals surface area (Å²) in [6.45, 7) is 7.20. The smallest absolute Gasteiger partial charge is 0.332 e. The molecule has 3 rings (SSSR count). The molecular formula is C18H28N6O3. The fourth-order valence-electron chi connectivity index (χ4n) is 3.66. The van der Waals surface area contributed by atoms with Crippen LogP contribution in [0, 0.1) is 5.92 Å². The zero-order valence-electron chi connectivity index (χ0n) is 16.4. The molecular weight excluding hydrogens is 348 g/mol. The average Bonchev–Trinajstić information content (AvgIpc) is 3.07. The van der Waals surface area contributed by atoms with Crippen LogP contribution in [0.25, 0.3) is 11.2 Å². The van der Waals surface area contributed by atoms with E-state index in [0.29, 0.717) is 18.5 Å². The zero-order valence-corrected chi connectivity index (χ0v) is 16.4. The van der Waals surface area contributed by atoms with Crippen LogP contribution in [0.1, 0.15) is 26.7 Å². The SMILES string of the molecule is CC(C)N1CCC(CNC(=O)Cn2cnc3c2c(=O)n(C)c(=O)n3C)CC1. The van der Waals surface area contributed by atoms with E-state index in [2.05, 4.69) is 29.0 Å². The molecule has 1 amide bonds. The lowest BCUT2D eigenvalue weighted by atomic mass is 9.96. The molecule has 2 aromatic heterocycles. The first-order valence-corrected chi connectivity index (χ1v) is 9.41.